The SMILES string of the molecule is CCC1=NN(C(=O)C(=O)Nc2ccc(OC)cc2)[C@](O)(C(F)(F)F)C1. The second kappa shape index (κ2) is 6.71. The van der Waals surface area contributed by atoms with Crippen LogP contribution in [-0.2, 0) is 9.59 Å². The summed E-state index contributed by atoms with van der Waals surface area (Å²) in [7, 11) is 1.44. The first-order chi connectivity index (χ1) is 11.6. The van der Waals surface area contributed by atoms with Gasteiger partial charge in [0.05, 0.1) is 7.11 Å². The number of anilines is 1. The average molecular weight is 359 g/mol. The number of benzene rings is 1. The number of aliphatic hydroxyl groups is 1. The minimum Gasteiger partial charge on any atom is -0.497 e. The number of methoxy groups -OCH3 is 1. The first-order valence-corrected chi connectivity index (χ1v) is 7.27. The van der Waals surface area contributed by atoms with Crippen LogP contribution < -0.4 is 10.1 Å². The summed E-state index contributed by atoms with van der Waals surface area (Å²) >= 11 is 0. The summed E-state index contributed by atoms with van der Waals surface area (Å²) in [5.74, 6) is -2.47. The predicted molar refractivity (Wildman–Crippen MR) is 81.8 cm³/mol. The first-order valence-electron chi connectivity index (χ1n) is 7.27. The van der Waals surface area contributed by atoms with Gasteiger partial charge in [0.25, 0.3) is 5.72 Å². The molecule has 1 heterocycles. The number of carbonyl (C=O) groups is 2. The summed E-state index contributed by atoms with van der Waals surface area (Å²) in [5, 5.41) is 15.3. The van der Waals surface area contributed by atoms with Crippen molar-refractivity contribution in [3.8, 4) is 5.75 Å². The van der Waals surface area contributed by atoms with E-state index >= 15 is 0 Å². The summed E-state index contributed by atoms with van der Waals surface area (Å²) in [6.45, 7) is 1.53. The van der Waals surface area contributed by atoms with Crippen LogP contribution in [0, 0.1) is 0 Å². The lowest BCUT2D eigenvalue weighted by molar-refractivity contribution is -0.301. The molecule has 0 unspecified atom stereocenters. The molecule has 2 amide bonds. The van der Waals surface area contributed by atoms with Crippen molar-refractivity contribution in [2.24, 2.45) is 5.10 Å². The second-order valence-electron chi connectivity index (χ2n) is 5.31. The third-order valence-electron chi connectivity index (χ3n) is 3.64. The lowest BCUT2D eigenvalue weighted by atomic mass is 10.1. The summed E-state index contributed by atoms with van der Waals surface area (Å²) < 4.78 is 44.5. The lowest BCUT2D eigenvalue weighted by Gasteiger charge is -2.32. The van der Waals surface area contributed by atoms with E-state index in [1.54, 1.807) is 0 Å². The Balaban J connectivity index is 2.21. The average Bonchev–Trinajstić information content (AvgIpc) is 2.93. The molecule has 1 aromatic rings. The quantitative estimate of drug-likeness (QED) is 0.807. The fraction of sp³-hybridized carbons (Fsp3) is 0.400. The van der Waals surface area contributed by atoms with Gasteiger partial charge in [0.2, 0.25) is 0 Å². The van der Waals surface area contributed by atoms with Crippen molar-refractivity contribution < 1.29 is 32.6 Å². The van der Waals surface area contributed by atoms with Crippen LogP contribution in [0.3, 0.4) is 0 Å². The molecule has 1 aromatic carbocycles. The van der Waals surface area contributed by atoms with Crippen molar-refractivity contribution in [1.82, 2.24) is 5.01 Å². The number of hydrazone groups is 1. The van der Waals surface area contributed by atoms with E-state index in [1.165, 1.54) is 38.3 Å². The molecule has 25 heavy (non-hydrogen) atoms. The molecule has 7 nitrogen and oxygen atoms in total. The Kier molecular flexibility index (Phi) is 5.02. The Morgan fingerprint density at radius 2 is 1.96 bits per heavy atom. The topological polar surface area (TPSA) is 91.2 Å². The number of carbonyl (C=O) groups excluding carboxylic acids is 2. The maximum absolute atomic E-state index is 13.2. The smallest absolute Gasteiger partial charge is 0.438 e. The molecule has 0 aliphatic carbocycles. The van der Waals surface area contributed by atoms with E-state index < -0.39 is 30.1 Å². The molecular weight excluding hydrogens is 343 g/mol. The van der Waals surface area contributed by atoms with Crippen LogP contribution in [0.4, 0.5) is 18.9 Å². The van der Waals surface area contributed by atoms with Gasteiger partial charge in [-0.05, 0) is 30.7 Å². The van der Waals surface area contributed by atoms with Gasteiger partial charge in [0.1, 0.15) is 5.75 Å². The van der Waals surface area contributed by atoms with E-state index in [9.17, 15) is 27.9 Å². The Hall–Kier alpha value is -2.62. The van der Waals surface area contributed by atoms with Crippen LogP contribution in [0.1, 0.15) is 19.8 Å². The van der Waals surface area contributed by atoms with Crippen molar-refractivity contribution in [3.63, 3.8) is 0 Å². The van der Waals surface area contributed by atoms with E-state index in [4.69, 9.17) is 4.74 Å². The van der Waals surface area contributed by atoms with E-state index in [2.05, 4.69) is 10.4 Å². The molecule has 2 N–H and O–H groups in total. The zero-order chi connectivity index (χ0) is 18.8. The van der Waals surface area contributed by atoms with Crippen LogP contribution in [0.5, 0.6) is 5.75 Å². The molecule has 0 spiro atoms. The van der Waals surface area contributed by atoms with Crippen LogP contribution in [-0.4, -0.2) is 46.7 Å². The van der Waals surface area contributed by atoms with Crippen LogP contribution >= 0.6 is 0 Å². The predicted octanol–water partition coefficient (Wildman–Crippen LogP) is 1.88. The third-order valence-corrected chi connectivity index (χ3v) is 3.64. The molecule has 0 radical (unpaired) electrons. The Labute approximate surface area is 141 Å². The fourth-order valence-electron chi connectivity index (χ4n) is 2.20. The molecule has 0 saturated carbocycles. The number of rotatable bonds is 3. The Morgan fingerprint density at radius 1 is 1.36 bits per heavy atom. The van der Waals surface area contributed by atoms with Crippen molar-refractivity contribution in [2.45, 2.75) is 31.7 Å². The van der Waals surface area contributed by atoms with E-state index in [1.807, 2.05) is 0 Å². The number of nitrogens with one attached hydrogen (secondary N) is 1. The fourth-order valence-corrected chi connectivity index (χ4v) is 2.20. The van der Waals surface area contributed by atoms with E-state index in [0.29, 0.717) is 5.75 Å². The minimum atomic E-state index is -5.16. The van der Waals surface area contributed by atoms with Crippen LogP contribution in [0.2, 0.25) is 0 Å². The highest BCUT2D eigenvalue weighted by Gasteiger charge is 2.63. The molecular formula is C15H16F3N3O4. The number of halogens is 3. The summed E-state index contributed by atoms with van der Waals surface area (Å²) in [5.41, 5.74) is -3.40. The molecule has 0 bridgehead atoms. The van der Waals surface area contributed by atoms with Crippen LogP contribution in [0.15, 0.2) is 29.4 Å². The monoisotopic (exact) mass is 359 g/mol. The largest absolute Gasteiger partial charge is 0.497 e. The van der Waals surface area contributed by atoms with Gasteiger partial charge in [0, 0.05) is 17.8 Å². The highest BCUT2D eigenvalue weighted by molar-refractivity contribution is 6.39. The molecule has 0 fully saturated rings. The zero-order valence-corrected chi connectivity index (χ0v) is 13.4. The molecule has 2 rings (SSSR count). The highest BCUT2D eigenvalue weighted by atomic mass is 19.4. The molecule has 0 aromatic heterocycles. The number of amides is 2. The van der Waals surface area contributed by atoms with Gasteiger partial charge < -0.3 is 15.2 Å². The van der Waals surface area contributed by atoms with E-state index in [-0.39, 0.29) is 22.8 Å². The molecule has 136 valence electrons. The maximum atomic E-state index is 13.2. The maximum Gasteiger partial charge on any atom is 0.438 e. The molecule has 1 atom stereocenters. The van der Waals surface area contributed by atoms with Gasteiger partial charge in [0.15, 0.2) is 0 Å². The first kappa shape index (κ1) is 18.7. The van der Waals surface area contributed by atoms with Gasteiger partial charge in [-0.2, -0.15) is 23.3 Å². The number of nitrogens with zero attached hydrogens (tertiary/aromatic N) is 2. The van der Waals surface area contributed by atoms with Gasteiger partial charge in [-0.1, -0.05) is 6.92 Å². The highest BCUT2D eigenvalue weighted by Crippen LogP contribution is 2.40. The van der Waals surface area contributed by atoms with Gasteiger partial charge in [-0.25, -0.2) is 0 Å². The van der Waals surface area contributed by atoms with E-state index in [0.717, 1.165) is 0 Å². The Morgan fingerprint density at radius 3 is 2.44 bits per heavy atom. The lowest BCUT2D eigenvalue weighted by Crippen LogP contribution is -2.58. The number of hydrogen-bond acceptors (Lipinski definition) is 5. The van der Waals surface area contributed by atoms with Crippen molar-refractivity contribution in [1.29, 1.82) is 0 Å². The minimum absolute atomic E-state index is 0.0366. The molecule has 10 heteroatoms. The summed E-state index contributed by atoms with van der Waals surface area (Å²) in [6, 6.07) is 5.81. The van der Waals surface area contributed by atoms with Gasteiger partial charge in [-0.3, -0.25) is 9.59 Å². The summed E-state index contributed by atoms with van der Waals surface area (Å²) in [4.78, 5) is 24.1. The number of hydrogen-bond donors (Lipinski definition) is 2. The van der Waals surface area contributed by atoms with Gasteiger partial charge >= 0.3 is 18.0 Å². The second-order valence-corrected chi connectivity index (χ2v) is 5.31. The molecule has 0 saturated heterocycles. The summed E-state index contributed by atoms with van der Waals surface area (Å²) in [6.07, 6.45) is -5.96. The van der Waals surface area contributed by atoms with Crippen molar-refractivity contribution >= 4 is 23.2 Å². The van der Waals surface area contributed by atoms with Crippen molar-refractivity contribution in [2.75, 3.05) is 12.4 Å². The Bertz CT molecular complexity index is 703. The third kappa shape index (κ3) is 3.58. The van der Waals surface area contributed by atoms with Crippen LogP contribution in [0.25, 0.3) is 0 Å². The molecule has 1 aliphatic heterocycles. The molecule has 1 aliphatic rings. The number of alkyl halides is 3. The zero-order valence-electron chi connectivity index (χ0n) is 13.4. The number of ether oxygens (including phenoxy) is 1. The van der Waals surface area contributed by atoms with Gasteiger partial charge in [-0.15, -0.1) is 0 Å². The van der Waals surface area contributed by atoms with Crippen molar-refractivity contribution in [3.05, 3.63) is 24.3 Å². The normalized spacial score (nSPS) is 20.2. The standard InChI is InChI=1S/C15H16F3N3O4/c1-3-9-8-14(24,15(16,17)18)21(20-9)13(23)12(22)19-10-4-6-11(25-2)7-5-10/h4-7,24H,3,8H2,1-2H3,(H,19,22)/t14-/m1/s1.